The third kappa shape index (κ3) is 4.94. The minimum atomic E-state index is -0.438. The van der Waals surface area contributed by atoms with Crippen LogP contribution in [0.2, 0.25) is 5.15 Å². The molecule has 0 spiro atoms. The summed E-state index contributed by atoms with van der Waals surface area (Å²) in [7, 11) is 0. The fourth-order valence-corrected chi connectivity index (χ4v) is 4.32. The maximum atomic E-state index is 13.0. The number of halogens is 1. The summed E-state index contributed by atoms with van der Waals surface area (Å²) < 4.78 is 1.40. The second-order valence-corrected chi connectivity index (χ2v) is 9.02. The van der Waals surface area contributed by atoms with E-state index in [9.17, 15) is 14.7 Å². The molecule has 4 aromatic rings. The molecule has 182 valence electrons. The van der Waals surface area contributed by atoms with Gasteiger partial charge < -0.3 is 15.7 Å². The lowest BCUT2D eigenvalue weighted by molar-refractivity contribution is 0.102. The van der Waals surface area contributed by atoms with Crippen molar-refractivity contribution >= 4 is 29.2 Å². The Morgan fingerprint density at radius 3 is 2.56 bits per heavy atom. The van der Waals surface area contributed by atoms with Crippen LogP contribution in [0.5, 0.6) is 5.75 Å². The average Bonchev–Trinajstić information content (AvgIpc) is 3.26. The fraction of sp³-hybridized carbons (Fsp3) is 0.185. The molecule has 5 rings (SSSR count). The first-order valence-electron chi connectivity index (χ1n) is 11.7. The molecule has 0 saturated heterocycles. The van der Waals surface area contributed by atoms with Gasteiger partial charge in [-0.3, -0.25) is 4.79 Å². The Labute approximate surface area is 212 Å². The Kier molecular flexibility index (Phi) is 6.69. The highest BCUT2D eigenvalue weighted by atomic mass is 35.5. The molecule has 0 bridgehead atoms. The molecule has 8 nitrogen and oxygen atoms in total. The summed E-state index contributed by atoms with van der Waals surface area (Å²) in [5, 5.41) is 21.0. The molecule has 0 aliphatic heterocycles. The minimum absolute atomic E-state index is 0.0698. The van der Waals surface area contributed by atoms with Crippen molar-refractivity contribution in [1.29, 1.82) is 0 Å². The SMILES string of the molecule is O=C(Nc1ccc(-c2cc(C3CCC3)n(C(=O)NCc3ccccc3)n2)c(O)c1)c1cccnc1Cl. The lowest BCUT2D eigenvalue weighted by Gasteiger charge is -2.25. The van der Waals surface area contributed by atoms with Crippen molar-refractivity contribution in [2.45, 2.75) is 31.7 Å². The number of anilines is 1. The predicted octanol–water partition coefficient (Wildman–Crippen LogP) is 5.58. The number of aromatic nitrogens is 3. The number of benzene rings is 2. The van der Waals surface area contributed by atoms with Crippen LogP contribution in [0.25, 0.3) is 11.3 Å². The molecule has 2 heterocycles. The number of hydrogen-bond donors (Lipinski definition) is 3. The monoisotopic (exact) mass is 501 g/mol. The summed E-state index contributed by atoms with van der Waals surface area (Å²) in [6.45, 7) is 0.388. The molecule has 2 amide bonds. The molecule has 2 aromatic carbocycles. The smallest absolute Gasteiger partial charge is 0.342 e. The van der Waals surface area contributed by atoms with E-state index >= 15 is 0 Å². The number of carbonyl (C=O) groups excluding carboxylic acids is 2. The normalized spacial score (nSPS) is 13.1. The van der Waals surface area contributed by atoms with Crippen molar-refractivity contribution in [1.82, 2.24) is 20.1 Å². The van der Waals surface area contributed by atoms with Gasteiger partial charge in [0.15, 0.2) is 0 Å². The van der Waals surface area contributed by atoms with Crippen LogP contribution in [-0.4, -0.2) is 31.8 Å². The van der Waals surface area contributed by atoms with Crippen LogP contribution in [0.15, 0.2) is 72.9 Å². The lowest BCUT2D eigenvalue weighted by Crippen LogP contribution is -2.31. The average molecular weight is 502 g/mol. The van der Waals surface area contributed by atoms with E-state index in [1.54, 1.807) is 24.3 Å². The molecule has 9 heteroatoms. The predicted molar refractivity (Wildman–Crippen MR) is 137 cm³/mol. The highest BCUT2D eigenvalue weighted by Gasteiger charge is 2.27. The molecule has 1 aliphatic rings. The number of phenols is 1. The lowest BCUT2D eigenvalue weighted by atomic mass is 9.82. The standard InChI is InChI=1S/C27H24ClN5O3/c28-25-21(10-5-13-29-25)26(35)31-19-11-12-20(24(34)14-19)22-15-23(18-8-4-9-18)33(32-22)27(36)30-16-17-6-2-1-3-7-17/h1-3,5-7,10-15,18,34H,4,8-9,16H2,(H,30,36)(H,31,35). The highest BCUT2D eigenvalue weighted by Crippen LogP contribution is 2.39. The maximum absolute atomic E-state index is 13.0. The van der Waals surface area contributed by atoms with Gasteiger partial charge in [-0.2, -0.15) is 9.78 Å². The van der Waals surface area contributed by atoms with E-state index in [0.717, 1.165) is 30.5 Å². The molecule has 0 unspecified atom stereocenters. The fourth-order valence-electron chi connectivity index (χ4n) is 4.11. The first-order valence-corrected chi connectivity index (χ1v) is 12.0. The van der Waals surface area contributed by atoms with Gasteiger partial charge in [-0.05, 0) is 48.7 Å². The van der Waals surface area contributed by atoms with Gasteiger partial charge in [-0.1, -0.05) is 48.4 Å². The van der Waals surface area contributed by atoms with E-state index in [1.165, 1.54) is 16.9 Å². The zero-order valence-corrected chi connectivity index (χ0v) is 20.1. The van der Waals surface area contributed by atoms with Crippen molar-refractivity contribution < 1.29 is 14.7 Å². The Hall–Kier alpha value is -4.17. The molecular weight excluding hydrogens is 478 g/mol. The van der Waals surface area contributed by atoms with Gasteiger partial charge in [0, 0.05) is 36.0 Å². The molecular formula is C27H24ClN5O3. The van der Waals surface area contributed by atoms with Crippen molar-refractivity contribution in [3.05, 3.63) is 94.9 Å². The zero-order chi connectivity index (χ0) is 25.1. The summed E-state index contributed by atoms with van der Waals surface area (Å²) in [6, 6.07) is 19.2. The zero-order valence-electron chi connectivity index (χ0n) is 19.3. The molecule has 1 saturated carbocycles. The van der Waals surface area contributed by atoms with Gasteiger partial charge in [0.05, 0.1) is 17.0 Å². The second-order valence-electron chi connectivity index (χ2n) is 8.67. The number of nitrogens with one attached hydrogen (secondary N) is 2. The Morgan fingerprint density at radius 1 is 1.06 bits per heavy atom. The Bertz CT molecular complexity index is 1420. The topological polar surface area (TPSA) is 109 Å². The highest BCUT2D eigenvalue weighted by molar-refractivity contribution is 6.33. The van der Waals surface area contributed by atoms with Crippen molar-refractivity contribution in [3.63, 3.8) is 0 Å². The van der Waals surface area contributed by atoms with Gasteiger partial charge in [0.2, 0.25) is 0 Å². The number of hydrogen-bond acceptors (Lipinski definition) is 5. The summed E-state index contributed by atoms with van der Waals surface area (Å²) in [4.78, 5) is 29.4. The Morgan fingerprint density at radius 2 is 1.86 bits per heavy atom. The molecule has 0 atom stereocenters. The van der Waals surface area contributed by atoms with E-state index in [2.05, 4.69) is 20.7 Å². The second kappa shape index (κ2) is 10.2. The Balaban J connectivity index is 1.37. The van der Waals surface area contributed by atoms with Gasteiger partial charge in [0.1, 0.15) is 10.9 Å². The third-order valence-corrected chi connectivity index (χ3v) is 6.58. The van der Waals surface area contributed by atoms with E-state index < -0.39 is 5.91 Å². The van der Waals surface area contributed by atoms with Crippen LogP contribution in [0.1, 0.15) is 46.8 Å². The van der Waals surface area contributed by atoms with Gasteiger partial charge in [-0.15, -0.1) is 0 Å². The van der Waals surface area contributed by atoms with E-state index in [-0.39, 0.29) is 28.4 Å². The van der Waals surface area contributed by atoms with Crippen molar-refractivity contribution in [3.8, 4) is 17.0 Å². The van der Waals surface area contributed by atoms with Crippen LogP contribution >= 0.6 is 11.6 Å². The first-order chi connectivity index (χ1) is 17.5. The van der Waals surface area contributed by atoms with E-state index in [0.29, 0.717) is 23.5 Å². The van der Waals surface area contributed by atoms with Crippen LogP contribution in [0.3, 0.4) is 0 Å². The van der Waals surface area contributed by atoms with Gasteiger partial charge >= 0.3 is 6.03 Å². The summed E-state index contributed by atoms with van der Waals surface area (Å²) in [5.41, 5.74) is 3.38. The van der Waals surface area contributed by atoms with Gasteiger partial charge in [-0.25, -0.2) is 9.78 Å². The summed E-state index contributed by atoms with van der Waals surface area (Å²) in [5.74, 6) is -0.259. The number of nitrogens with zero attached hydrogens (tertiary/aromatic N) is 3. The van der Waals surface area contributed by atoms with Crippen LogP contribution < -0.4 is 10.6 Å². The van der Waals surface area contributed by atoms with Crippen LogP contribution in [0, 0.1) is 0 Å². The molecule has 3 N–H and O–H groups in total. The summed E-state index contributed by atoms with van der Waals surface area (Å²) in [6.07, 6.45) is 4.59. The number of amides is 2. The number of phenolic OH excluding ortho intramolecular Hbond substituents is 1. The molecule has 0 radical (unpaired) electrons. The van der Waals surface area contributed by atoms with Gasteiger partial charge in [0.25, 0.3) is 5.91 Å². The molecule has 1 aliphatic carbocycles. The quantitative estimate of drug-likeness (QED) is 0.299. The number of pyridine rings is 1. The number of aromatic hydroxyl groups is 1. The van der Waals surface area contributed by atoms with Crippen molar-refractivity contribution in [2.75, 3.05) is 5.32 Å². The van der Waals surface area contributed by atoms with E-state index in [1.807, 2.05) is 36.4 Å². The van der Waals surface area contributed by atoms with Crippen LogP contribution in [-0.2, 0) is 6.54 Å². The summed E-state index contributed by atoms with van der Waals surface area (Å²) >= 11 is 6.00. The maximum Gasteiger partial charge on any atom is 0.342 e. The third-order valence-electron chi connectivity index (χ3n) is 6.27. The first kappa shape index (κ1) is 23.6. The molecule has 1 fully saturated rings. The number of rotatable bonds is 6. The van der Waals surface area contributed by atoms with E-state index in [4.69, 9.17) is 11.6 Å². The molecule has 36 heavy (non-hydrogen) atoms. The number of carbonyl (C=O) groups is 2. The largest absolute Gasteiger partial charge is 0.507 e. The van der Waals surface area contributed by atoms with Crippen LogP contribution in [0.4, 0.5) is 10.5 Å². The minimum Gasteiger partial charge on any atom is -0.507 e. The molecule has 2 aromatic heterocycles. The van der Waals surface area contributed by atoms with Crippen molar-refractivity contribution in [2.24, 2.45) is 0 Å².